The summed E-state index contributed by atoms with van der Waals surface area (Å²) >= 11 is 1.51. The summed E-state index contributed by atoms with van der Waals surface area (Å²) < 4.78 is 40.4. The molecule has 0 saturated carbocycles. The Balaban J connectivity index is 2.10. The van der Waals surface area contributed by atoms with Gasteiger partial charge in [0.1, 0.15) is 5.75 Å². The van der Waals surface area contributed by atoms with Crippen LogP contribution in [-0.2, 0) is 6.42 Å². The third-order valence-electron chi connectivity index (χ3n) is 2.62. The molecule has 7 heteroatoms. The molecule has 2 rings (SSSR count). The third kappa shape index (κ3) is 4.21. The van der Waals surface area contributed by atoms with Crippen molar-refractivity contribution in [3.63, 3.8) is 0 Å². The van der Waals surface area contributed by atoms with Crippen LogP contribution in [0.3, 0.4) is 0 Å². The van der Waals surface area contributed by atoms with Crippen LogP contribution in [0.5, 0.6) is 5.75 Å². The van der Waals surface area contributed by atoms with Crippen molar-refractivity contribution in [2.75, 3.05) is 0 Å². The van der Waals surface area contributed by atoms with E-state index < -0.39 is 12.4 Å². The zero-order valence-electron chi connectivity index (χ0n) is 10.6. The maximum Gasteiger partial charge on any atom is 0.573 e. The molecule has 3 nitrogen and oxygen atoms in total. The van der Waals surface area contributed by atoms with E-state index in [1.165, 1.54) is 29.5 Å². The molecule has 0 aliphatic rings. The van der Waals surface area contributed by atoms with Crippen LogP contribution in [0.2, 0.25) is 0 Å². The second-order valence-corrected chi connectivity index (χ2v) is 5.35. The van der Waals surface area contributed by atoms with Gasteiger partial charge >= 0.3 is 6.36 Å². The Kier molecular flexibility index (Phi) is 4.29. The van der Waals surface area contributed by atoms with Gasteiger partial charge < -0.3 is 10.5 Å². The second-order valence-electron chi connectivity index (χ2n) is 4.29. The lowest BCUT2D eigenvalue weighted by atomic mass is 10.0. The highest BCUT2D eigenvalue weighted by Crippen LogP contribution is 2.26. The maximum atomic E-state index is 12.2. The molecule has 0 aliphatic heterocycles. The molecule has 0 radical (unpaired) electrons. The monoisotopic (exact) mass is 302 g/mol. The molecule has 0 amide bonds. The lowest BCUT2D eigenvalue weighted by Gasteiger charge is -2.13. The summed E-state index contributed by atoms with van der Waals surface area (Å²) in [6.45, 7) is 1.89. The van der Waals surface area contributed by atoms with Crippen LogP contribution >= 0.6 is 11.3 Å². The third-order valence-corrected chi connectivity index (χ3v) is 3.44. The first-order valence-corrected chi connectivity index (χ1v) is 6.74. The number of hydrogen-bond donors (Lipinski definition) is 1. The molecule has 2 N–H and O–H groups in total. The van der Waals surface area contributed by atoms with Crippen LogP contribution in [0, 0.1) is 6.92 Å². The minimum absolute atomic E-state index is 0.264. The van der Waals surface area contributed by atoms with Gasteiger partial charge in [0.2, 0.25) is 0 Å². The van der Waals surface area contributed by atoms with E-state index in [1.54, 1.807) is 6.07 Å². The molecule has 1 heterocycles. The SMILES string of the molecule is Cc1nc(CC(N)c2cccc(OC(F)(F)F)c2)cs1. The number of nitrogens with zero attached hydrogens (tertiary/aromatic N) is 1. The first kappa shape index (κ1) is 14.8. The molecule has 1 atom stereocenters. The minimum Gasteiger partial charge on any atom is -0.406 e. The molecule has 2 aromatic rings. The average Bonchev–Trinajstić information content (AvgIpc) is 2.73. The smallest absolute Gasteiger partial charge is 0.406 e. The molecule has 0 saturated heterocycles. The number of aryl methyl sites for hydroxylation is 1. The summed E-state index contributed by atoms with van der Waals surface area (Å²) in [5.74, 6) is -0.264. The van der Waals surface area contributed by atoms with E-state index in [9.17, 15) is 13.2 Å². The van der Waals surface area contributed by atoms with Gasteiger partial charge in [-0.2, -0.15) is 0 Å². The van der Waals surface area contributed by atoms with E-state index in [4.69, 9.17) is 5.73 Å². The molecule has 0 spiro atoms. The Labute approximate surface area is 118 Å². The molecular weight excluding hydrogens is 289 g/mol. The van der Waals surface area contributed by atoms with Crippen LogP contribution in [0.1, 0.15) is 22.3 Å². The highest BCUT2D eigenvalue weighted by molar-refractivity contribution is 7.09. The average molecular weight is 302 g/mol. The molecule has 0 aliphatic carbocycles. The van der Waals surface area contributed by atoms with E-state index in [0.29, 0.717) is 12.0 Å². The van der Waals surface area contributed by atoms with E-state index in [1.807, 2.05) is 12.3 Å². The summed E-state index contributed by atoms with van der Waals surface area (Å²) in [7, 11) is 0. The molecule has 1 aromatic heterocycles. The number of rotatable bonds is 4. The fraction of sp³-hybridized carbons (Fsp3) is 0.308. The predicted octanol–water partition coefficient (Wildman–Crippen LogP) is 3.59. The van der Waals surface area contributed by atoms with Gasteiger partial charge in [-0.25, -0.2) is 4.98 Å². The van der Waals surface area contributed by atoms with Gasteiger partial charge in [0.05, 0.1) is 10.7 Å². The van der Waals surface area contributed by atoms with Crippen molar-refractivity contribution in [1.82, 2.24) is 4.98 Å². The molecule has 108 valence electrons. The first-order chi connectivity index (χ1) is 9.33. The predicted molar refractivity (Wildman–Crippen MR) is 70.6 cm³/mol. The number of nitrogens with two attached hydrogens (primary N) is 1. The van der Waals surface area contributed by atoms with Gasteiger partial charge in [0.25, 0.3) is 0 Å². The topological polar surface area (TPSA) is 48.1 Å². The number of benzene rings is 1. The Morgan fingerprint density at radius 3 is 2.75 bits per heavy atom. The number of thiazole rings is 1. The van der Waals surface area contributed by atoms with Crippen molar-refractivity contribution in [3.05, 3.63) is 45.9 Å². The number of alkyl halides is 3. The van der Waals surface area contributed by atoms with Crippen molar-refractivity contribution >= 4 is 11.3 Å². The first-order valence-electron chi connectivity index (χ1n) is 5.86. The number of halogens is 3. The van der Waals surface area contributed by atoms with Gasteiger partial charge in [0.15, 0.2) is 0 Å². The van der Waals surface area contributed by atoms with E-state index >= 15 is 0 Å². The van der Waals surface area contributed by atoms with Crippen molar-refractivity contribution in [2.24, 2.45) is 5.73 Å². The fourth-order valence-corrected chi connectivity index (χ4v) is 2.41. The van der Waals surface area contributed by atoms with Crippen molar-refractivity contribution in [2.45, 2.75) is 25.7 Å². The molecule has 1 unspecified atom stereocenters. The minimum atomic E-state index is -4.70. The van der Waals surface area contributed by atoms with E-state index in [2.05, 4.69) is 9.72 Å². The zero-order chi connectivity index (χ0) is 14.8. The van der Waals surface area contributed by atoms with Crippen LogP contribution in [0.4, 0.5) is 13.2 Å². The van der Waals surface area contributed by atoms with Crippen molar-refractivity contribution in [1.29, 1.82) is 0 Å². The molecular formula is C13H13F3N2OS. The van der Waals surface area contributed by atoms with Gasteiger partial charge in [-0.15, -0.1) is 24.5 Å². The summed E-state index contributed by atoms with van der Waals surface area (Å²) in [5.41, 5.74) is 7.41. The number of aromatic nitrogens is 1. The highest BCUT2D eigenvalue weighted by Gasteiger charge is 2.31. The Morgan fingerprint density at radius 2 is 2.15 bits per heavy atom. The van der Waals surface area contributed by atoms with E-state index in [-0.39, 0.29) is 5.75 Å². The number of hydrogen-bond acceptors (Lipinski definition) is 4. The summed E-state index contributed by atoms with van der Waals surface area (Å²) in [6.07, 6.45) is -4.23. The molecule has 1 aromatic carbocycles. The maximum absolute atomic E-state index is 12.2. The van der Waals surface area contributed by atoms with Crippen LogP contribution in [0.25, 0.3) is 0 Å². The quantitative estimate of drug-likeness (QED) is 0.939. The van der Waals surface area contributed by atoms with Crippen LogP contribution in [-0.4, -0.2) is 11.3 Å². The van der Waals surface area contributed by atoms with Crippen LogP contribution in [0.15, 0.2) is 29.6 Å². The van der Waals surface area contributed by atoms with Crippen LogP contribution < -0.4 is 10.5 Å². The highest BCUT2D eigenvalue weighted by atomic mass is 32.1. The Bertz CT molecular complexity index is 583. The lowest BCUT2D eigenvalue weighted by Crippen LogP contribution is -2.18. The normalized spacial score (nSPS) is 13.2. The largest absolute Gasteiger partial charge is 0.573 e. The Morgan fingerprint density at radius 1 is 1.40 bits per heavy atom. The molecule has 0 bridgehead atoms. The van der Waals surface area contributed by atoms with Gasteiger partial charge in [-0.3, -0.25) is 0 Å². The van der Waals surface area contributed by atoms with Gasteiger partial charge in [-0.1, -0.05) is 12.1 Å². The van der Waals surface area contributed by atoms with E-state index in [0.717, 1.165) is 10.7 Å². The zero-order valence-corrected chi connectivity index (χ0v) is 11.5. The van der Waals surface area contributed by atoms with Gasteiger partial charge in [-0.05, 0) is 24.6 Å². The molecule has 0 fully saturated rings. The summed E-state index contributed by atoms with van der Waals surface area (Å²) in [6, 6.07) is 5.29. The van der Waals surface area contributed by atoms with Gasteiger partial charge in [0, 0.05) is 17.8 Å². The number of ether oxygens (including phenoxy) is 1. The standard InChI is InChI=1S/C13H13F3N2OS/c1-8-18-10(7-20-8)6-12(17)9-3-2-4-11(5-9)19-13(14,15)16/h2-5,7,12H,6,17H2,1H3. The lowest BCUT2D eigenvalue weighted by molar-refractivity contribution is -0.274. The second kappa shape index (κ2) is 5.80. The van der Waals surface area contributed by atoms with Crippen molar-refractivity contribution in [3.8, 4) is 5.75 Å². The van der Waals surface area contributed by atoms with Crippen molar-refractivity contribution < 1.29 is 17.9 Å². The summed E-state index contributed by atoms with van der Waals surface area (Å²) in [5, 5.41) is 2.83. The Hall–Kier alpha value is -1.60. The fourth-order valence-electron chi connectivity index (χ4n) is 1.79. The summed E-state index contributed by atoms with van der Waals surface area (Å²) in [4.78, 5) is 4.29. The molecule has 20 heavy (non-hydrogen) atoms.